The third kappa shape index (κ3) is 3.46. The smallest absolute Gasteiger partial charge is 0.259 e. The first kappa shape index (κ1) is 19.7. The minimum atomic E-state index is -0.897. The second-order valence-electron chi connectivity index (χ2n) is 7.91. The van der Waals surface area contributed by atoms with Crippen LogP contribution in [-0.2, 0) is 5.60 Å². The lowest BCUT2D eigenvalue weighted by atomic mass is 9.66. The number of amides is 1. The highest BCUT2D eigenvalue weighted by Crippen LogP contribution is 2.47. The average Bonchev–Trinajstić information content (AvgIpc) is 2.79. The van der Waals surface area contributed by atoms with Crippen LogP contribution in [-0.4, -0.2) is 47.7 Å². The summed E-state index contributed by atoms with van der Waals surface area (Å²) in [6.45, 7) is 0.501. The topological polar surface area (TPSA) is 71.9 Å². The van der Waals surface area contributed by atoms with E-state index in [9.17, 15) is 9.90 Å². The number of fused-ring (bicyclic) bond motifs is 1. The second-order valence-corrected chi connectivity index (χ2v) is 7.91. The third-order valence-corrected chi connectivity index (χ3v) is 6.48. The number of carbonyl (C=O) groups is 1. The van der Waals surface area contributed by atoms with Crippen molar-refractivity contribution in [3.8, 4) is 11.8 Å². The first-order valence-electron chi connectivity index (χ1n) is 10.3. The molecule has 1 saturated carbocycles. The number of hydrogen-bond donors (Lipinski definition) is 1. The summed E-state index contributed by atoms with van der Waals surface area (Å²) in [5, 5.41) is 11.7. The van der Waals surface area contributed by atoms with Crippen LogP contribution in [0.15, 0.2) is 42.5 Å². The Balaban J connectivity index is 1.66. The summed E-state index contributed by atoms with van der Waals surface area (Å²) >= 11 is 0. The van der Waals surface area contributed by atoms with E-state index >= 15 is 0 Å². The van der Waals surface area contributed by atoms with Crippen LogP contribution in [0, 0.1) is 5.92 Å². The number of nitrogens with zero attached hydrogens (tertiary/aromatic N) is 2. The van der Waals surface area contributed by atoms with E-state index in [2.05, 4.69) is 4.98 Å². The number of piperidine rings is 1. The summed E-state index contributed by atoms with van der Waals surface area (Å²) in [5.74, 6) is 0.606. The number of carbonyl (C=O) groups excluding carboxylic acids is 1. The fourth-order valence-electron chi connectivity index (χ4n) is 5.03. The molecule has 154 valence electrons. The number of likely N-dealkylation sites (tertiary alicyclic amines) is 1. The van der Waals surface area contributed by atoms with Gasteiger partial charge in [-0.2, -0.15) is 4.98 Å². The number of methoxy groups -OCH3 is 2. The molecule has 1 aromatic heterocycles. The van der Waals surface area contributed by atoms with Crippen molar-refractivity contribution >= 4 is 5.91 Å². The van der Waals surface area contributed by atoms with E-state index in [0.29, 0.717) is 24.4 Å². The average molecular weight is 396 g/mol. The van der Waals surface area contributed by atoms with Gasteiger partial charge in [0.1, 0.15) is 5.56 Å². The number of rotatable bonds is 4. The van der Waals surface area contributed by atoms with Gasteiger partial charge in [-0.15, -0.1) is 0 Å². The van der Waals surface area contributed by atoms with Crippen molar-refractivity contribution < 1.29 is 19.4 Å². The zero-order valence-corrected chi connectivity index (χ0v) is 17.0. The zero-order valence-electron chi connectivity index (χ0n) is 17.0. The van der Waals surface area contributed by atoms with Gasteiger partial charge in [0.15, 0.2) is 0 Å². The van der Waals surface area contributed by atoms with Crippen LogP contribution >= 0.6 is 0 Å². The van der Waals surface area contributed by atoms with Gasteiger partial charge < -0.3 is 19.5 Å². The maximum atomic E-state index is 13.5. The minimum absolute atomic E-state index is 0.00186. The molecule has 0 spiro atoms. The van der Waals surface area contributed by atoms with Gasteiger partial charge in [0, 0.05) is 24.6 Å². The van der Waals surface area contributed by atoms with Crippen LogP contribution in [0.2, 0.25) is 0 Å². The van der Waals surface area contributed by atoms with E-state index in [0.717, 1.165) is 31.2 Å². The molecule has 1 N–H and O–H groups in total. The van der Waals surface area contributed by atoms with E-state index in [4.69, 9.17) is 9.47 Å². The molecule has 1 saturated heterocycles. The molecule has 1 aromatic carbocycles. The highest BCUT2D eigenvalue weighted by molar-refractivity contribution is 5.96. The first-order valence-corrected chi connectivity index (χ1v) is 10.3. The lowest BCUT2D eigenvalue weighted by Crippen LogP contribution is -2.59. The largest absolute Gasteiger partial charge is 0.481 e. The monoisotopic (exact) mass is 396 g/mol. The quantitative estimate of drug-likeness (QED) is 0.858. The predicted octanol–water partition coefficient (Wildman–Crippen LogP) is 3.39. The summed E-state index contributed by atoms with van der Waals surface area (Å²) in [7, 11) is 3.04. The molecule has 6 nitrogen and oxygen atoms in total. The molecule has 1 unspecified atom stereocenters. The Bertz CT molecular complexity index is 872. The van der Waals surface area contributed by atoms with E-state index in [1.807, 2.05) is 35.2 Å². The molecular formula is C23H28N2O4. The molecular weight excluding hydrogens is 368 g/mol. The van der Waals surface area contributed by atoms with Gasteiger partial charge in [0.25, 0.3) is 5.91 Å². The molecule has 1 aliphatic heterocycles. The van der Waals surface area contributed by atoms with Crippen molar-refractivity contribution in [3.63, 3.8) is 0 Å². The Labute approximate surface area is 171 Å². The van der Waals surface area contributed by atoms with Crippen molar-refractivity contribution in [3.05, 3.63) is 53.6 Å². The van der Waals surface area contributed by atoms with Crippen molar-refractivity contribution in [2.75, 3.05) is 20.8 Å². The van der Waals surface area contributed by atoms with Gasteiger partial charge in [-0.05, 0) is 30.9 Å². The van der Waals surface area contributed by atoms with Crippen LogP contribution in [0.3, 0.4) is 0 Å². The number of pyridine rings is 1. The minimum Gasteiger partial charge on any atom is -0.481 e. The molecule has 2 heterocycles. The molecule has 1 aliphatic carbocycles. The normalized spacial score (nSPS) is 26.5. The number of aliphatic hydroxyl groups is 1. The summed E-state index contributed by atoms with van der Waals surface area (Å²) < 4.78 is 10.5. The Hall–Kier alpha value is -2.60. The fraction of sp³-hybridized carbons (Fsp3) is 0.478. The maximum absolute atomic E-state index is 13.5. The van der Waals surface area contributed by atoms with Crippen LogP contribution < -0.4 is 9.47 Å². The van der Waals surface area contributed by atoms with Gasteiger partial charge >= 0.3 is 0 Å². The molecule has 0 radical (unpaired) electrons. The number of aromatic nitrogens is 1. The third-order valence-electron chi connectivity index (χ3n) is 6.48. The summed E-state index contributed by atoms with van der Waals surface area (Å²) in [6.07, 6.45) is 4.48. The van der Waals surface area contributed by atoms with E-state index in [1.165, 1.54) is 14.2 Å². The molecule has 1 amide bonds. The lowest BCUT2D eigenvalue weighted by molar-refractivity contribution is -0.110. The second kappa shape index (κ2) is 8.03. The molecule has 6 heteroatoms. The van der Waals surface area contributed by atoms with Crippen molar-refractivity contribution in [2.45, 2.75) is 43.7 Å². The molecule has 0 bridgehead atoms. The van der Waals surface area contributed by atoms with Gasteiger partial charge in [0.05, 0.1) is 19.8 Å². The SMILES string of the molecule is COc1ccc(C(=O)N2CC[C@@](O)(c3ccccc3)[C@@H]3CCCCC32)c(OC)n1. The summed E-state index contributed by atoms with van der Waals surface area (Å²) in [4.78, 5) is 19.7. The van der Waals surface area contributed by atoms with Crippen LogP contribution in [0.4, 0.5) is 0 Å². The van der Waals surface area contributed by atoms with E-state index < -0.39 is 5.60 Å². The molecule has 4 rings (SSSR count). The Morgan fingerprint density at radius 1 is 1.10 bits per heavy atom. The number of hydrogen-bond acceptors (Lipinski definition) is 5. The Morgan fingerprint density at radius 3 is 2.59 bits per heavy atom. The number of benzene rings is 1. The van der Waals surface area contributed by atoms with Crippen molar-refractivity contribution in [1.29, 1.82) is 0 Å². The molecule has 2 aromatic rings. The molecule has 2 aliphatic rings. The lowest BCUT2D eigenvalue weighted by Gasteiger charge is -2.52. The van der Waals surface area contributed by atoms with Crippen LogP contribution in [0.25, 0.3) is 0 Å². The summed E-state index contributed by atoms with van der Waals surface area (Å²) in [6, 6.07) is 13.3. The molecule has 2 fully saturated rings. The molecule has 29 heavy (non-hydrogen) atoms. The first-order chi connectivity index (χ1) is 14.1. The van der Waals surface area contributed by atoms with Crippen molar-refractivity contribution in [1.82, 2.24) is 9.88 Å². The molecule has 3 atom stereocenters. The standard InChI is InChI=1S/C23H28N2O4/c1-28-20-13-12-17(21(24-20)29-2)22(26)25-15-14-23(27,16-8-4-3-5-9-16)18-10-6-7-11-19(18)25/h3-5,8-9,12-13,18-19,27H,6-7,10-11,14-15H2,1-2H3/t18-,19?,23-/m1/s1. The van der Waals surface area contributed by atoms with Gasteiger partial charge in [0.2, 0.25) is 11.8 Å². The Morgan fingerprint density at radius 2 is 1.86 bits per heavy atom. The van der Waals surface area contributed by atoms with Gasteiger partial charge in [-0.3, -0.25) is 4.79 Å². The highest BCUT2D eigenvalue weighted by Gasteiger charge is 2.50. The van der Waals surface area contributed by atoms with Crippen molar-refractivity contribution in [2.24, 2.45) is 5.92 Å². The predicted molar refractivity (Wildman–Crippen MR) is 109 cm³/mol. The maximum Gasteiger partial charge on any atom is 0.259 e. The summed E-state index contributed by atoms with van der Waals surface area (Å²) in [5.41, 5.74) is 0.487. The Kier molecular flexibility index (Phi) is 5.46. The van der Waals surface area contributed by atoms with E-state index in [1.54, 1.807) is 12.1 Å². The zero-order chi connectivity index (χ0) is 20.4. The number of ether oxygens (including phenoxy) is 2. The highest BCUT2D eigenvalue weighted by atomic mass is 16.5. The van der Waals surface area contributed by atoms with Gasteiger partial charge in [-0.25, -0.2) is 0 Å². The van der Waals surface area contributed by atoms with E-state index in [-0.39, 0.29) is 23.7 Å². The fourth-order valence-corrected chi connectivity index (χ4v) is 5.03. The van der Waals surface area contributed by atoms with Crippen LogP contribution in [0.1, 0.15) is 48.0 Å². The van der Waals surface area contributed by atoms with Gasteiger partial charge in [-0.1, -0.05) is 43.2 Å². The van der Waals surface area contributed by atoms with Crippen LogP contribution in [0.5, 0.6) is 11.8 Å².